The Morgan fingerprint density at radius 1 is 1.02 bits per heavy atom. The maximum atomic E-state index is 13.2. The Balaban J connectivity index is 1.16. The number of ether oxygens (including phenoxy) is 2. The first kappa shape index (κ1) is 31.3. The van der Waals surface area contributed by atoms with Gasteiger partial charge in [0.15, 0.2) is 5.65 Å². The number of alkyl halides is 3. The molecule has 1 fully saturated rings. The van der Waals surface area contributed by atoms with Gasteiger partial charge in [-0.3, -0.25) is 9.69 Å². The van der Waals surface area contributed by atoms with Gasteiger partial charge >= 0.3 is 6.18 Å². The fraction of sp³-hybridized carbons (Fsp3) is 0.250. The molecule has 1 amide bonds. The summed E-state index contributed by atoms with van der Waals surface area (Å²) >= 11 is 5.69. The molecule has 0 spiro atoms. The number of morpholine rings is 1. The Kier molecular flexibility index (Phi) is 9.06. The van der Waals surface area contributed by atoms with Crippen molar-refractivity contribution in [1.29, 1.82) is 0 Å². The predicted octanol–water partition coefficient (Wildman–Crippen LogP) is 5.63. The summed E-state index contributed by atoms with van der Waals surface area (Å²) in [6.45, 7) is 4.67. The van der Waals surface area contributed by atoms with Crippen molar-refractivity contribution >= 4 is 40.0 Å². The standard InChI is InChI=1S/C32H29ClF3N7O3/c33-26-10-1-20(17-25(26)32(34,35)36)18-27(44)40-22-4-6-23(7-5-22)43-31-28(30(37)38-19-39-31)29(41-43)21-2-8-24(9-3-21)46-16-13-42-11-14-45-15-12-42/h1-10,17,19H,11-16,18H2,(H,40,44)(H2,37,38,39). The molecule has 3 N–H and O–H groups in total. The number of anilines is 2. The number of fused-ring (bicyclic) bond motifs is 1. The van der Waals surface area contributed by atoms with E-state index < -0.39 is 22.7 Å². The highest BCUT2D eigenvalue weighted by Crippen LogP contribution is 2.35. The second-order valence-electron chi connectivity index (χ2n) is 10.6. The minimum atomic E-state index is -4.62. The van der Waals surface area contributed by atoms with E-state index in [9.17, 15) is 18.0 Å². The van der Waals surface area contributed by atoms with E-state index in [1.807, 2.05) is 24.3 Å². The molecule has 0 unspecified atom stereocenters. The fourth-order valence-electron chi connectivity index (χ4n) is 5.16. The molecule has 1 aliphatic rings. The van der Waals surface area contributed by atoms with E-state index in [2.05, 4.69) is 20.2 Å². The van der Waals surface area contributed by atoms with Gasteiger partial charge in [0.05, 0.1) is 41.3 Å². The SMILES string of the molecule is Nc1ncnc2c1c(-c1ccc(OCCN3CCOCC3)cc1)nn2-c1ccc(NC(=O)Cc2ccc(Cl)c(C(F)(F)F)c2)cc1. The van der Waals surface area contributed by atoms with Crippen LogP contribution < -0.4 is 15.8 Å². The van der Waals surface area contributed by atoms with Gasteiger partial charge in [0.2, 0.25) is 5.91 Å². The van der Waals surface area contributed by atoms with Gasteiger partial charge < -0.3 is 20.5 Å². The van der Waals surface area contributed by atoms with Gasteiger partial charge in [0.25, 0.3) is 0 Å². The molecule has 6 rings (SSSR count). The number of nitrogens with two attached hydrogens (primary N) is 1. The average Bonchev–Trinajstić information content (AvgIpc) is 3.44. The number of carbonyl (C=O) groups is 1. The third kappa shape index (κ3) is 7.06. The van der Waals surface area contributed by atoms with E-state index in [1.54, 1.807) is 28.9 Å². The number of carbonyl (C=O) groups excluding carboxylic acids is 1. The minimum absolute atomic E-state index is 0.186. The van der Waals surface area contributed by atoms with E-state index in [-0.39, 0.29) is 17.8 Å². The number of amides is 1. The minimum Gasteiger partial charge on any atom is -0.492 e. The number of benzene rings is 3. The van der Waals surface area contributed by atoms with Crippen LogP contribution in [-0.4, -0.2) is 70.0 Å². The van der Waals surface area contributed by atoms with Gasteiger partial charge in [0, 0.05) is 30.9 Å². The predicted molar refractivity (Wildman–Crippen MR) is 168 cm³/mol. The summed E-state index contributed by atoms with van der Waals surface area (Å²) in [6, 6.07) is 17.8. The molecule has 1 aliphatic heterocycles. The van der Waals surface area contributed by atoms with Gasteiger partial charge in [-0.1, -0.05) is 17.7 Å². The number of aromatic nitrogens is 4. The van der Waals surface area contributed by atoms with Gasteiger partial charge in [-0.05, 0) is 66.2 Å². The Labute approximate surface area is 266 Å². The zero-order chi connectivity index (χ0) is 32.3. The summed E-state index contributed by atoms with van der Waals surface area (Å²) in [6.07, 6.45) is -3.52. The van der Waals surface area contributed by atoms with E-state index in [4.69, 9.17) is 31.9 Å². The molecule has 238 valence electrons. The molecule has 3 heterocycles. The smallest absolute Gasteiger partial charge is 0.417 e. The molecule has 46 heavy (non-hydrogen) atoms. The first-order valence-corrected chi connectivity index (χ1v) is 14.8. The number of nitrogens with zero attached hydrogens (tertiary/aromatic N) is 5. The average molecular weight is 652 g/mol. The summed E-state index contributed by atoms with van der Waals surface area (Å²) in [7, 11) is 0. The molecule has 1 saturated heterocycles. The topological polar surface area (TPSA) is 120 Å². The van der Waals surface area contributed by atoms with E-state index >= 15 is 0 Å². The molecular weight excluding hydrogens is 623 g/mol. The van der Waals surface area contributed by atoms with E-state index in [0.29, 0.717) is 34.7 Å². The van der Waals surface area contributed by atoms with Gasteiger partial charge in [-0.2, -0.15) is 18.3 Å². The van der Waals surface area contributed by atoms with Crippen LogP contribution in [0.2, 0.25) is 5.02 Å². The second-order valence-corrected chi connectivity index (χ2v) is 11.0. The van der Waals surface area contributed by atoms with E-state index in [0.717, 1.165) is 56.3 Å². The molecule has 14 heteroatoms. The van der Waals surface area contributed by atoms with Gasteiger partial charge in [-0.25, -0.2) is 14.6 Å². The Morgan fingerprint density at radius 2 is 1.76 bits per heavy atom. The fourth-order valence-corrected chi connectivity index (χ4v) is 5.38. The van der Waals surface area contributed by atoms with Crippen molar-refractivity contribution in [1.82, 2.24) is 24.6 Å². The molecule has 0 aliphatic carbocycles. The third-order valence-corrected chi connectivity index (χ3v) is 7.83. The van der Waals surface area contributed by atoms with Crippen LogP contribution in [-0.2, 0) is 22.1 Å². The lowest BCUT2D eigenvalue weighted by atomic mass is 10.1. The van der Waals surface area contributed by atoms with Crippen LogP contribution in [0.15, 0.2) is 73.1 Å². The van der Waals surface area contributed by atoms with Crippen molar-refractivity contribution in [3.63, 3.8) is 0 Å². The summed E-state index contributed by atoms with van der Waals surface area (Å²) in [4.78, 5) is 23.5. The maximum absolute atomic E-state index is 13.2. The molecule has 0 bridgehead atoms. The van der Waals surface area contributed by atoms with Crippen LogP contribution in [0.5, 0.6) is 5.75 Å². The van der Waals surface area contributed by atoms with Crippen LogP contribution in [0.25, 0.3) is 28.0 Å². The molecular formula is C32H29ClF3N7O3. The Bertz CT molecular complexity index is 1840. The molecule has 0 atom stereocenters. The van der Waals surface area contributed by atoms with Crippen LogP contribution in [0.4, 0.5) is 24.7 Å². The summed E-state index contributed by atoms with van der Waals surface area (Å²) in [5.74, 6) is 0.528. The Morgan fingerprint density at radius 3 is 2.48 bits per heavy atom. The zero-order valence-corrected chi connectivity index (χ0v) is 25.2. The maximum Gasteiger partial charge on any atom is 0.417 e. The van der Waals surface area contributed by atoms with Crippen molar-refractivity contribution in [2.45, 2.75) is 12.6 Å². The van der Waals surface area contributed by atoms with Crippen molar-refractivity contribution in [2.24, 2.45) is 0 Å². The number of hydrogen-bond donors (Lipinski definition) is 2. The largest absolute Gasteiger partial charge is 0.492 e. The Hall–Kier alpha value is -4.72. The lowest BCUT2D eigenvalue weighted by molar-refractivity contribution is -0.137. The second kappa shape index (κ2) is 13.3. The molecule has 2 aromatic heterocycles. The highest BCUT2D eigenvalue weighted by atomic mass is 35.5. The molecule has 10 nitrogen and oxygen atoms in total. The number of hydrogen-bond acceptors (Lipinski definition) is 8. The van der Waals surface area contributed by atoms with Crippen molar-refractivity contribution in [3.8, 4) is 22.7 Å². The molecule has 3 aromatic carbocycles. The van der Waals surface area contributed by atoms with Gasteiger partial charge in [-0.15, -0.1) is 0 Å². The van der Waals surface area contributed by atoms with Crippen molar-refractivity contribution in [3.05, 3.63) is 89.2 Å². The third-order valence-electron chi connectivity index (χ3n) is 7.50. The lowest BCUT2D eigenvalue weighted by Crippen LogP contribution is -2.38. The lowest BCUT2D eigenvalue weighted by Gasteiger charge is -2.26. The van der Waals surface area contributed by atoms with Crippen LogP contribution in [0.3, 0.4) is 0 Å². The molecule has 0 radical (unpaired) electrons. The van der Waals surface area contributed by atoms with Crippen molar-refractivity contribution < 1.29 is 27.4 Å². The van der Waals surface area contributed by atoms with Crippen LogP contribution in [0, 0.1) is 0 Å². The number of halogens is 4. The number of rotatable bonds is 9. The summed E-state index contributed by atoms with van der Waals surface area (Å²) in [5.41, 5.74) is 8.45. The van der Waals surface area contributed by atoms with Crippen LogP contribution in [0.1, 0.15) is 11.1 Å². The molecule has 5 aromatic rings. The van der Waals surface area contributed by atoms with Gasteiger partial charge in [0.1, 0.15) is 30.2 Å². The van der Waals surface area contributed by atoms with E-state index in [1.165, 1.54) is 12.4 Å². The first-order chi connectivity index (χ1) is 22.2. The van der Waals surface area contributed by atoms with Crippen molar-refractivity contribution in [2.75, 3.05) is 50.5 Å². The quantitative estimate of drug-likeness (QED) is 0.211. The van der Waals surface area contributed by atoms with Crippen LogP contribution >= 0.6 is 11.6 Å². The first-order valence-electron chi connectivity index (χ1n) is 14.4. The molecule has 0 saturated carbocycles. The zero-order valence-electron chi connectivity index (χ0n) is 24.4. The summed E-state index contributed by atoms with van der Waals surface area (Å²) in [5, 5.41) is 7.68. The monoisotopic (exact) mass is 651 g/mol. The summed E-state index contributed by atoms with van der Waals surface area (Å²) < 4.78 is 52.6. The highest BCUT2D eigenvalue weighted by Gasteiger charge is 2.33. The highest BCUT2D eigenvalue weighted by molar-refractivity contribution is 6.31. The number of nitrogen functional groups attached to an aromatic ring is 1. The number of nitrogens with one attached hydrogen (secondary N) is 1. The normalized spacial score (nSPS) is 14.0.